The summed E-state index contributed by atoms with van der Waals surface area (Å²) in [4.78, 5) is 11.4. The van der Waals surface area contributed by atoms with E-state index in [4.69, 9.17) is 4.74 Å². The lowest BCUT2D eigenvalue weighted by molar-refractivity contribution is -0.123. The van der Waals surface area contributed by atoms with Gasteiger partial charge in [0.15, 0.2) is 0 Å². The minimum atomic E-state index is 0.0388. The van der Waals surface area contributed by atoms with Crippen LogP contribution >= 0.6 is 0 Å². The van der Waals surface area contributed by atoms with Gasteiger partial charge in [-0.15, -0.1) is 0 Å². The number of carbonyl (C=O) groups is 1. The van der Waals surface area contributed by atoms with Crippen LogP contribution in [0.15, 0.2) is 18.2 Å². The SMILES string of the molecule is COc1ccc(C)cc1CNCCNC(=O)C(C)C. The van der Waals surface area contributed by atoms with Gasteiger partial charge in [0.05, 0.1) is 7.11 Å². The van der Waals surface area contributed by atoms with E-state index in [1.165, 1.54) is 5.56 Å². The Hall–Kier alpha value is -1.55. The average Bonchev–Trinajstić information content (AvgIpc) is 2.38. The number of hydrogen-bond acceptors (Lipinski definition) is 3. The number of nitrogens with one attached hydrogen (secondary N) is 2. The molecule has 0 saturated heterocycles. The van der Waals surface area contributed by atoms with Crippen LogP contribution < -0.4 is 15.4 Å². The van der Waals surface area contributed by atoms with Gasteiger partial charge in [-0.3, -0.25) is 4.79 Å². The maximum atomic E-state index is 11.4. The van der Waals surface area contributed by atoms with E-state index in [0.717, 1.165) is 24.4 Å². The Balaban J connectivity index is 2.33. The summed E-state index contributed by atoms with van der Waals surface area (Å²) in [6.07, 6.45) is 0. The Bertz CT molecular complexity index is 417. The average molecular weight is 264 g/mol. The van der Waals surface area contributed by atoms with E-state index in [9.17, 15) is 4.79 Å². The molecule has 0 aliphatic rings. The summed E-state index contributed by atoms with van der Waals surface area (Å²) in [7, 11) is 1.68. The highest BCUT2D eigenvalue weighted by Gasteiger charge is 2.05. The minimum Gasteiger partial charge on any atom is -0.496 e. The maximum absolute atomic E-state index is 11.4. The predicted molar refractivity (Wildman–Crippen MR) is 77.3 cm³/mol. The lowest BCUT2D eigenvalue weighted by Crippen LogP contribution is -2.34. The van der Waals surface area contributed by atoms with Gasteiger partial charge in [0, 0.05) is 31.1 Å². The normalized spacial score (nSPS) is 10.6. The van der Waals surface area contributed by atoms with Crippen molar-refractivity contribution in [1.82, 2.24) is 10.6 Å². The predicted octanol–water partition coefficient (Wildman–Crippen LogP) is 1.87. The van der Waals surface area contributed by atoms with Gasteiger partial charge in [0.1, 0.15) is 5.75 Å². The zero-order chi connectivity index (χ0) is 14.3. The highest BCUT2D eigenvalue weighted by Crippen LogP contribution is 2.19. The summed E-state index contributed by atoms with van der Waals surface area (Å²) < 4.78 is 5.32. The summed E-state index contributed by atoms with van der Waals surface area (Å²) >= 11 is 0. The first-order chi connectivity index (χ1) is 9.04. The molecule has 1 amide bonds. The van der Waals surface area contributed by atoms with E-state index < -0.39 is 0 Å². The minimum absolute atomic E-state index is 0.0388. The summed E-state index contributed by atoms with van der Waals surface area (Å²) in [6.45, 7) is 7.97. The van der Waals surface area contributed by atoms with Gasteiger partial charge in [-0.05, 0) is 13.0 Å². The second-order valence-corrected chi connectivity index (χ2v) is 4.94. The van der Waals surface area contributed by atoms with Crippen molar-refractivity contribution in [3.8, 4) is 5.75 Å². The number of rotatable bonds is 7. The van der Waals surface area contributed by atoms with E-state index in [-0.39, 0.29) is 11.8 Å². The fourth-order valence-corrected chi connectivity index (χ4v) is 1.75. The molecule has 1 aromatic carbocycles. The molecule has 106 valence electrons. The van der Waals surface area contributed by atoms with Crippen molar-refractivity contribution in [3.05, 3.63) is 29.3 Å². The Morgan fingerprint density at radius 1 is 1.32 bits per heavy atom. The Morgan fingerprint density at radius 3 is 2.68 bits per heavy atom. The monoisotopic (exact) mass is 264 g/mol. The third kappa shape index (κ3) is 5.30. The second-order valence-electron chi connectivity index (χ2n) is 4.94. The van der Waals surface area contributed by atoms with Gasteiger partial charge in [-0.25, -0.2) is 0 Å². The van der Waals surface area contributed by atoms with Crippen LogP contribution in [0.1, 0.15) is 25.0 Å². The topological polar surface area (TPSA) is 50.4 Å². The highest BCUT2D eigenvalue weighted by atomic mass is 16.5. The molecule has 4 heteroatoms. The van der Waals surface area contributed by atoms with Crippen LogP contribution in [0.3, 0.4) is 0 Å². The molecule has 0 spiro atoms. The van der Waals surface area contributed by atoms with Crippen molar-refractivity contribution in [2.24, 2.45) is 5.92 Å². The standard InChI is InChI=1S/C15H24N2O2/c1-11(2)15(18)17-8-7-16-10-13-9-12(3)5-6-14(13)19-4/h5-6,9,11,16H,7-8,10H2,1-4H3,(H,17,18). The number of ether oxygens (including phenoxy) is 1. The quantitative estimate of drug-likeness (QED) is 0.739. The molecule has 1 aromatic rings. The molecule has 0 aliphatic heterocycles. The van der Waals surface area contributed by atoms with Gasteiger partial charge < -0.3 is 15.4 Å². The number of aryl methyl sites for hydroxylation is 1. The van der Waals surface area contributed by atoms with Crippen molar-refractivity contribution in [3.63, 3.8) is 0 Å². The number of hydrogen-bond donors (Lipinski definition) is 2. The largest absolute Gasteiger partial charge is 0.496 e. The summed E-state index contributed by atoms with van der Waals surface area (Å²) in [5, 5.41) is 6.18. The number of amides is 1. The summed E-state index contributed by atoms with van der Waals surface area (Å²) in [6, 6.07) is 6.12. The highest BCUT2D eigenvalue weighted by molar-refractivity contribution is 5.77. The van der Waals surface area contributed by atoms with Crippen molar-refractivity contribution < 1.29 is 9.53 Å². The third-order valence-corrected chi connectivity index (χ3v) is 2.88. The first kappa shape index (κ1) is 15.5. The molecule has 0 saturated carbocycles. The third-order valence-electron chi connectivity index (χ3n) is 2.88. The molecule has 2 N–H and O–H groups in total. The van der Waals surface area contributed by atoms with E-state index >= 15 is 0 Å². The molecule has 0 fully saturated rings. The van der Waals surface area contributed by atoms with Gasteiger partial charge in [0.25, 0.3) is 0 Å². The Labute approximate surface area is 115 Å². The molecular weight excluding hydrogens is 240 g/mol. The van der Waals surface area contributed by atoms with Crippen LogP contribution in [-0.2, 0) is 11.3 Å². The molecule has 0 bridgehead atoms. The van der Waals surface area contributed by atoms with Crippen LogP contribution in [0.5, 0.6) is 5.75 Å². The fraction of sp³-hybridized carbons (Fsp3) is 0.533. The van der Waals surface area contributed by atoms with E-state index in [1.54, 1.807) is 7.11 Å². The zero-order valence-electron chi connectivity index (χ0n) is 12.2. The van der Waals surface area contributed by atoms with Gasteiger partial charge in [-0.1, -0.05) is 31.5 Å². The van der Waals surface area contributed by atoms with Crippen LogP contribution in [0.25, 0.3) is 0 Å². The Kier molecular flexibility index (Phi) is 6.36. The van der Waals surface area contributed by atoms with Gasteiger partial charge in [0.2, 0.25) is 5.91 Å². The van der Waals surface area contributed by atoms with Crippen LogP contribution in [-0.4, -0.2) is 26.1 Å². The molecular formula is C15H24N2O2. The first-order valence-corrected chi connectivity index (χ1v) is 6.66. The number of methoxy groups -OCH3 is 1. The van der Waals surface area contributed by atoms with Crippen LogP contribution in [0.4, 0.5) is 0 Å². The van der Waals surface area contributed by atoms with Crippen molar-refractivity contribution >= 4 is 5.91 Å². The molecule has 0 aromatic heterocycles. The van der Waals surface area contributed by atoms with Crippen molar-refractivity contribution in [1.29, 1.82) is 0 Å². The van der Waals surface area contributed by atoms with Crippen molar-refractivity contribution in [2.75, 3.05) is 20.2 Å². The molecule has 0 heterocycles. The Morgan fingerprint density at radius 2 is 2.05 bits per heavy atom. The number of carbonyl (C=O) groups excluding carboxylic acids is 1. The molecule has 0 atom stereocenters. The second kappa shape index (κ2) is 7.79. The first-order valence-electron chi connectivity index (χ1n) is 6.66. The summed E-state index contributed by atoms with van der Waals surface area (Å²) in [5.41, 5.74) is 2.35. The van der Waals surface area contributed by atoms with E-state index in [0.29, 0.717) is 6.54 Å². The fourth-order valence-electron chi connectivity index (χ4n) is 1.75. The van der Waals surface area contributed by atoms with Crippen molar-refractivity contribution in [2.45, 2.75) is 27.3 Å². The van der Waals surface area contributed by atoms with Gasteiger partial charge in [-0.2, -0.15) is 0 Å². The lowest BCUT2D eigenvalue weighted by atomic mass is 10.1. The van der Waals surface area contributed by atoms with E-state index in [2.05, 4.69) is 23.6 Å². The molecule has 1 rings (SSSR count). The molecule has 4 nitrogen and oxygen atoms in total. The molecule has 0 radical (unpaired) electrons. The molecule has 0 aliphatic carbocycles. The van der Waals surface area contributed by atoms with Gasteiger partial charge >= 0.3 is 0 Å². The molecule has 19 heavy (non-hydrogen) atoms. The maximum Gasteiger partial charge on any atom is 0.222 e. The lowest BCUT2D eigenvalue weighted by Gasteiger charge is -2.11. The smallest absolute Gasteiger partial charge is 0.222 e. The zero-order valence-corrected chi connectivity index (χ0v) is 12.2. The van der Waals surface area contributed by atoms with Crippen LogP contribution in [0.2, 0.25) is 0 Å². The van der Waals surface area contributed by atoms with Crippen LogP contribution in [0, 0.1) is 12.8 Å². The molecule has 0 unspecified atom stereocenters. The number of benzene rings is 1. The summed E-state index contributed by atoms with van der Waals surface area (Å²) in [5.74, 6) is 1.02. The van der Waals surface area contributed by atoms with E-state index in [1.807, 2.05) is 26.0 Å².